The van der Waals surface area contributed by atoms with E-state index in [-0.39, 0.29) is 48.5 Å². The summed E-state index contributed by atoms with van der Waals surface area (Å²) in [6.45, 7) is 22.8. The number of hydrogen-bond donors (Lipinski definition) is 1. The summed E-state index contributed by atoms with van der Waals surface area (Å²) >= 11 is 0. The van der Waals surface area contributed by atoms with Crippen LogP contribution in [0.1, 0.15) is 104 Å². The molecule has 57 heavy (non-hydrogen) atoms. The van der Waals surface area contributed by atoms with E-state index in [1.807, 2.05) is 30.5 Å². The third-order valence-corrected chi connectivity index (χ3v) is 12.0. The Morgan fingerprint density at radius 1 is 0.632 bits per heavy atom. The van der Waals surface area contributed by atoms with Crippen molar-refractivity contribution in [1.29, 1.82) is 0 Å². The van der Waals surface area contributed by atoms with Gasteiger partial charge in [-0.3, -0.25) is 9.55 Å². The van der Waals surface area contributed by atoms with Gasteiger partial charge in [0.05, 0.1) is 22.3 Å². The molecule has 7 aromatic rings. The minimum absolute atomic E-state index is 0. The summed E-state index contributed by atoms with van der Waals surface area (Å²) in [6, 6.07) is 42.4. The number of aromatic nitrogens is 3. The molecule has 1 N–H and O–H groups in total. The average molecular weight is 932 g/mol. The number of aromatic hydroxyl groups is 1. The second kappa shape index (κ2) is 14.5. The Hall–Kier alpha value is -4.79. The third-order valence-electron chi connectivity index (χ3n) is 12.0. The Balaban J connectivity index is 0.00000496. The van der Waals surface area contributed by atoms with Gasteiger partial charge in [-0.05, 0) is 93.2 Å². The monoisotopic (exact) mass is 931 g/mol. The maximum atomic E-state index is 12.2. The maximum absolute atomic E-state index is 12.2. The summed E-state index contributed by atoms with van der Waals surface area (Å²) < 4.78 is 2.28. The number of fused-ring (bicyclic) bond motifs is 2. The standard InChI is InChI=1S/C52H54N3O.Pt/c1-49(2,3)36-22-23-44(39(30-36)33-17-12-11-13-18-33)55-45-21-16-19-38(34-27-35(43-20-14-15-26-53-43)29-37(28-34)50(4,5)6)47(45)54-48(55)40-31-41-42(32-46(40)56)52(9,10)25-24-51(41,7)8;/h11-23,26,28-32,56H,24-25H2,1-10H3;/q-1;. The molecule has 2 aromatic heterocycles. The second-order valence-corrected chi connectivity index (χ2v) is 19.1. The Bertz CT molecular complexity index is 2600. The number of hydrogen-bond acceptors (Lipinski definition) is 3. The molecule has 0 bridgehead atoms. The molecule has 1 aliphatic carbocycles. The van der Waals surface area contributed by atoms with E-state index in [4.69, 9.17) is 9.97 Å². The van der Waals surface area contributed by atoms with Crippen LogP contribution >= 0.6 is 0 Å². The summed E-state index contributed by atoms with van der Waals surface area (Å²) in [6.07, 6.45) is 3.98. The normalized spacial score (nSPS) is 14.9. The van der Waals surface area contributed by atoms with Gasteiger partial charge in [-0.15, -0.1) is 29.3 Å². The molecule has 0 saturated heterocycles. The number of imidazole rings is 1. The number of rotatable bonds is 5. The van der Waals surface area contributed by atoms with E-state index in [0.717, 1.165) is 68.6 Å². The van der Waals surface area contributed by atoms with Crippen LogP contribution in [0.2, 0.25) is 0 Å². The van der Waals surface area contributed by atoms with Gasteiger partial charge in [0.15, 0.2) is 0 Å². The van der Waals surface area contributed by atoms with Crippen LogP contribution in [0.25, 0.3) is 61.6 Å². The van der Waals surface area contributed by atoms with Gasteiger partial charge in [-0.25, -0.2) is 4.98 Å². The number of nitrogens with zero attached hydrogens (tertiary/aromatic N) is 3. The predicted octanol–water partition coefficient (Wildman–Crippen LogP) is 13.5. The summed E-state index contributed by atoms with van der Waals surface area (Å²) in [5.74, 6) is 0.962. The third kappa shape index (κ3) is 7.43. The molecule has 0 radical (unpaired) electrons. The topological polar surface area (TPSA) is 50.9 Å². The van der Waals surface area contributed by atoms with Gasteiger partial charge in [0.2, 0.25) is 0 Å². The Morgan fingerprint density at radius 3 is 1.93 bits per heavy atom. The molecule has 0 amide bonds. The van der Waals surface area contributed by atoms with Gasteiger partial charge in [0.25, 0.3) is 0 Å². The summed E-state index contributed by atoms with van der Waals surface area (Å²) in [4.78, 5) is 10.3. The number of phenols is 1. The van der Waals surface area contributed by atoms with Gasteiger partial charge >= 0.3 is 0 Å². The molecule has 5 aromatic carbocycles. The van der Waals surface area contributed by atoms with E-state index in [0.29, 0.717) is 5.82 Å². The molecule has 5 heteroatoms. The van der Waals surface area contributed by atoms with E-state index in [2.05, 4.69) is 165 Å². The Morgan fingerprint density at radius 2 is 1.28 bits per heavy atom. The van der Waals surface area contributed by atoms with Crippen molar-refractivity contribution in [3.8, 4) is 56.3 Å². The largest absolute Gasteiger partial charge is 0.507 e. The van der Waals surface area contributed by atoms with Crippen LogP contribution in [-0.2, 0) is 42.7 Å². The van der Waals surface area contributed by atoms with Crippen LogP contribution in [0.3, 0.4) is 0 Å². The van der Waals surface area contributed by atoms with Crippen LogP contribution in [0.5, 0.6) is 5.75 Å². The molecular formula is C52H54N3OPt-. The zero-order valence-electron chi connectivity index (χ0n) is 35.0. The molecular weight excluding hydrogens is 878 g/mol. The number of phenolic OH excluding ortho intramolecular Hbond substituents is 1. The van der Waals surface area contributed by atoms with Crippen LogP contribution in [0.4, 0.5) is 0 Å². The van der Waals surface area contributed by atoms with E-state index in [1.54, 1.807) is 0 Å². The Kier molecular flexibility index (Phi) is 10.3. The maximum Gasteiger partial charge on any atom is 0.148 e. The molecule has 8 rings (SSSR count). The zero-order chi connectivity index (χ0) is 39.8. The SMILES string of the molecule is CC(C)(C)c1cc(-c2ccccn2)[c-]c(-c2cccc3c2nc(-c2cc4c(cc2O)C(C)(C)CCC4(C)C)n3-c2ccc(C(C)(C)C)cc2-c2ccccc2)c1.[Pt]. The van der Waals surface area contributed by atoms with Crippen molar-refractivity contribution in [1.82, 2.24) is 14.5 Å². The van der Waals surface area contributed by atoms with Crippen molar-refractivity contribution in [2.24, 2.45) is 0 Å². The summed E-state index contributed by atoms with van der Waals surface area (Å²) in [5, 5.41) is 12.2. The number of pyridine rings is 1. The fourth-order valence-electron chi connectivity index (χ4n) is 8.38. The van der Waals surface area contributed by atoms with Crippen molar-refractivity contribution in [2.45, 2.75) is 104 Å². The van der Waals surface area contributed by atoms with E-state index in [9.17, 15) is 5.11 Å². The molecule has 0 aliphatic heterocycles. The van der Waals surface area contributed by atoms with Crippen molar-refractivity contribution < 1.29 is 26.2 Å². The summed E-state index contributed by atoms with van der Waals surface area (Å²) in [5.41, 5.74) is 14.3. The van der Waals surface area contributed by atoms with Crippen LogP contribution in [-0.4, -0.2) is 19.6 Å². The van der Waals surface area contributed by atoms with Crippen LogP contribution in [0, 0.1) is 6.07 Å². The van der Waals surface area contributed by atoms with Gasteiger partial charge in [-0.1, -0.05) is 141 Å². The summed E-state index contributed by atoms with van der Waals surface area (Å²) in [7, 11) is 0. The molecule has 0 unspecified atom stereocenters. The Labute approximate surface area is 353 Å². The number of benzene rings is 5. The van der Waals surface area contributed by atoms with Gasteiger partial charge < -0.3 is 5.11 Å². The average Bonchev–Trinajstić information content (AvgIpc) is 3.55. The van der Waals surface area contributed by atoms with E-state index < -0.39 is 0 Å². The van der Waals surface area contributed by atoms with E-state index >= 15 is 0 Å². The molecule has 1 aliphatic rings. The van der Waals surface area contributed by atoms with Crippen molar-refractivity contribution in [3.63, 3.8) is 0 Å². The molecule has 294 valence electrons. The van der Waals surface area contributed by atoms with Crippen LogP contribution in [0.15, 0.2) is 115 Å². The minimum Gasteiger partial charge on any atom is -0.507 e. The molecule has 0 spiro atoms. The fraction of sp³-hybridized carbons (Fsp3) is 0.308. The first-order valence-electron chi connectivity index (χ1n) is 20.0. The molecule has 2 heterocycles. The zero-order valence-corrected chi connectivity index (χ0v) is 37.3. The molecule has 4 nitrogen and oxygen atoms in total. The molecule has 0 saturated carbocycles. The van der Waals surface area contributed by atoms with Gasteiger partial charge in [0.1, 0.15) is 11.6 Å². The smallest absolute Gasteiger partial charge is 0.148 e. The predicted molar refractivity (Wildman–Crippen MR) is 234 cm³/mol. The quantitative estimate of drug-likeness (QED) is 0.175. The van der Waals surface area contributed by atoms with Crippen LogP contribution < -0.4 is 0 Å². The molecule has 0 fully saturated rings. The fourth-order valence-corrected chi connectivity index (χ4v) is 8.38. The van der Waals surface area contributed by atoms with E-state index in [1.165, 1.54) is 22.3 Å². The molecule has 0 atom stereocenters. The minimum atomic E-state index is -0.110. The van der Waals surface area contributed by atoms with Gasteiger partial charge in [0, 0.05) is 38.5 Å². The first-order chi connectivity index (χ1) is 26.4. The number of para-hydroxylation sites is 1. The van der Waals surface area contributed by atoms with Crippen molar-refractivity contribution in [2.75, 3.05) is 0 Å². The second-order valence-electron chi connectivity index (χ2n) is 19.1. The first kappa shape index (κ1) is 40.4. The first-order valence-corrected chi connectivity index (χ1v) is 20.0. The van der Waals surface area contributed by atoms with Gasteiger partial charge in [-0.2, -0.15) is 0 Å². The van der Waals surface area contributed by atoms with Crippen molar-refractivity contribution in [3.05, 3.63) is 144 Å². The van der Waals surface area contributed by atoms with Crippen molar-refractivity contribution >= 4 is 11.0 Å².